The predicted octanol–water partition coefficient (Wildman–Crippen LogP) is 2.49. The molecule has 1 aliphatic carbocycles. The third kappa shape index (κ3) is 2.04. The molecule has 0 aromatic carbocycles. The van der Waals surface area contributed by atoms with Gasteiger partial charge in [-0.25, -0.2) is 0 Å². The number of rotatable bonds is 2. The van der Waals surface area contributed by atoms with Crippen LogP contribution in [0.1, 0.15) is 26.7 Å². The molecular formula is C10H14O. The summed E-state index contributed by atoms with van der Waals surface area (Å²) in [6, 6.07) is 0. The number of hydrogen-bond acceptors (Lipinski definition) is 1. The summed E-state index contributed by atoms with van der Waals surface area (Å²) in [6.45, 7) is 4.30. The summed E-state index contributed by atoms with van der Waals surface area (Å²) in [5.41, 5.74) is 0.128. The molecule has 0 heterocycles. The lowest BCUT2D eigenvalue weighted by molar-refractivity contribution is -0.110. The van der Waals surface area contributed by atoms with E-state index in [0.29, 0.717) is 0 Å². The first-order valence-electron chi connectivity index (χ1n) is 4.09. The van der Waals surface area contributed by atoms with Crippen molar-refractivity contribution in [3.05, 3.63) is 24.3 Å². The standard InChI is InChI=1S/C10H14O/c1-3-6-10(2)7-4-9(11)5-8-10/h4-5,7-8H,3,6H2,1-2H3. The second kappa shape index (κ2) is 3.04. The van der Waals surface area contributed by atoms with Gasteiger partial charge in [0.1, 0.15) is 0 Å². The second-order valence-corrected chi connectivity index (χ2v) is 3.32. The first-order chi connectivity index (χ1) is 5.16. The lowest BCUT2D eigenvalue weighted by atomic mass is 9.82. The molecular weight excluding hydrogens is 136 g/mol. The van der Waals surface area contributed by atoms with Crippen LogP contribution in [0.25, 0.3) is 0 Å². The van der Waals surface area contributed by atoms with Gasteiger partial charge >= 0.3 is 0 Å². The summed E-state index contributed by atoms with van der Waals surface area (Å²) >= 11 is 0. The molecule has 60 valence electrons. The van der Waals surface area contributed by atoms with E-state index in [0.717, 1.165) is 12.8 Å². The summed E-state index contributed by atoms with van der Waals surface area (Å²) in [5.74, 6) is 0.110. The Kier molecular flexibility index (Phi) is 2.28. The van der Waals surface area contributed by atoms with Crippen LogP contribution in [0.2, 0.25) is 0 Å². The molecule has 0 atom stereocenters. The Balaban J connectivity index is 2.68. The molecule has 1 rings (SSSR count). The van der Waals surface area contributed by atoms with Crippen LogP contribution in [-0.2, 0) is 4.79 Å². The van der Waals surface area contributed by atoms with Crippen LogP contribution in [0.15, 0.2) is 24.3 Å². The van der Waals surface area contributed by atoms with Crippen molar-refractivity contribution in [2.24, 2.45) is 5.41 Å². The Morgan fingerprint density at radius 1 is 1.36 bits per heavy atom. The summed E-state index contributed by atoms with van der Waals surface area (Å²) in [7, 11) is 0. The monoisotopic (exact) mass is 150 g/mol. The van der Waals surface area contributed by atoms with Crippen molar-refractivity contribution < 1.29 is 4.79 Å². The van der Waals surface area contributed by atoms with E-state index in [9.17, 15) is 4.79 Å². The summed E-state index contributed by atoms with van der Waals surface area (Å²) < 4.78 is 0. The van der Waals surface area contributed by atoms with Crippen LogP contribution in [0, 0.1) is 5.41 Å². The van der Waals surface area contributed by atoms with Gasteiger partial charge in [0.05, 0.1) is 0 Å². The highest BCUT2D eigenvalue weighted by atomic mass is 16.1. The average molecular weight is 150 g/mol. The van der Waals surface area contributed by atoms with Crippen molar-refractivity contribution in [1.29, 1.82) is 0 Å². The van der Waals surface area contributed by atoms with Crippen molar-refractivity contribution in [1.82, 2.24) is 0 Å². The summed E-state index contributed by atoms with van der Waals surface area (Å²) in [4.78, 5) is 10.8. The number of carbonyl (C=O) groups excluding carboxylic acids is 1. The first kappa shape index (κ1) is 8.25. The van der Waals surface area contributed by atoms with E-state index < -0.39 is 0 Å². The maximum absolute atomic E-state index is 10.8. The highest BCUT2D eigenvalue weighted by Crippen LogP contribution is 2.28. The van der Waals surface area contributed by atoms with Crippen LogP contribution >= 0.6 is 0 Å². The fourth-order valence-corrected chi connectivity index (χ4v) is 1.36. The van der Waals surface area contributed by atoms with Gasteiger partial charge in [0.15, 0.2) is 5.78 Å². The number of carbonyl (C=O) groups is 1. The highest BCUT2D eigenvalue weighted by molar-refractivity contribution is 6.00. The zero-order valence-corrected chi connectivity index (χ0v) is 7.13. The topological polar surface area (TPSA) is 17.1 Å². The van der Waals surface area contributed by atoms with E-state index in [-0.39, 0.29) is 11.2 Å². The van der Waals surface area contributed by atoms with Gasteiger partial charge in [-0.2, -0.15) is 0 Å². The molecule has 0 aliphatic heterocycles. The van der Waals surface area contributed by atoms with Crippen molar-refractivity contribution in [3.8, 4) is 0 Å². The molecule has 0 unspecified atom stereocenters. The second-order valence-electron chi connectivity index (χ2n) is 3.32. The van der Waals surface area contributed by atoms with E-state index >= 15 is 0 Å². The Hall–Kier alpha value is -0.850. The van der Waals surface area contributed by atoms with Gasteiger partial charge in [0.2, 0.25) is 0 Å². The van der Waals surface area contributed by atoms with Gasteiger partial charge in [-0.3, -0.25) is 4.79 Å². The van der Waals surface area contributed by atoms with Crippen LogP contribution < -0.4 is 0 Å². The molecule has 0 N–H and O–H groups in total. The van der Waals surface area contributed by atoms with Gasteiger partial charge in [-0.15, -0.1) is 0 Å². The smallest absolute Gasteiger partial charge is 0.178 e. The lowest BCUT2D eigenvalue weighted by Gasteiger charge is -2.22. The third-order valence-corrected chi connectivity index (χ3v) is 2.05. The Bertz CT molecular complexity index is 195. The number of ketones is 1. The van der Waals surface area contributed by atoms with E-state index in [2.05, 4.69) is 13.8 Å². The first-order valence-corrected chi connectivity index (χ1v) is 4.09. The molecule has 0 aromatic heterocycles. The molecule has 11 heavy (non-hydrogen) atoms. The molecule has 0 radical (unpaired) electrons. The molecule has 0 bridgehead atoms. The fraction of sp³-hybridized carbons (Fsp3) is 0.500. The van der Waals surface area contributed by atoms with Crippen molar-refractivity contribution in [2.45, 2.75) is 26.7 Å². The maximum atomic E-state index is 10.8. The van der Waals surface area contributed by atoms with Crippen LogP contribution in [0.3, 0.4) is 0 Å². The average Bonchev–Trinajstić information content (AvgIpc) is 1.97. The van der Waals surface area contributed by atoms with Gasteiger partial charge in [-0.1, -0.05) is 32.4 Å². The van der Waals surface area contributed by atoms with Crippen LogP contribution in [0.4, 0.5) is 0 Å². The molecule has 1 heteroatoms. The maximum Gasteiger partial charge on any atom is 0.178 e. The molecule has 0 aromatic rings. The minimum atomic E-state index is 0.110. The molecule has 0 amide bonds. The fourth-order valence-electron chi connectivity index (χ4n) is 1.36. The normalized spacial score (nSPS) is 20.7. The van der Waals surface area contributed by atoms with Crippen LogP contribution in [0.5, 0.6) is 0 Å². The van der Waals surface area contributed by atoms with E-state index in [1.54, 1.807) is 12.2 Å². The Morgan fingerprint density at radius 2 is 1.91 bits per heavy atom. The lowest BCUT2D eigenvalue weighted by Crippen LogP contribution is -2.13. The van der Waals surface area contributed by atoms with E-state index in [4.69, 9.17) is 0 Å². The Labute approximate surface area is 67.8 Å². The zero-order chi connectivity index (χ0) is 8.32. The van der Waals surface area contributed by atoms with Crippen molar-refractivity contribution >= 4 is 5.78 Å². The van der Waals surface area contributed by atoms with E-state index in [1.807, 2.05) is 12.2 Å². The SMILES string of the molecule is CCCC1(C)C=CC(=O)C=C1. The van der Waals surface area contributed by atoms with Crippen molar-refractivity contribution in [2.75, 3.05) is 0 Å². The summed E-state index contributed by atoms with van der Waals surface area (Å²) in [6.07, 6.45) is 9.59. The highest BCUT2D eigenvalue weighted by Gasteiger charge is 2.18. The van der Waals surface area contributed by atoms with Gasteiger partial charge in [-0.05, 0) is 18.6 Å². The van der Waals surface area contributed by atoms with Crippen LogP contribution in [-0.4, -0.2) is 5.78 Å². The van der Waals surface area contributed by atoms with Gasteiger partial charge < -0.3 is 0 Å². The minimum absolute atomic E-state index is 0.110. The van der Waals surface area contributed by atoms with E-state index in [1.165, 1.54) is 0 Å². The predicted molar refractivity (Wildman–Crippen MR) is 46.3 cm³/mol. The largest absolute Gasteiger partial charge is 0.290 e. The molecule has 1 aliphatic rings. The molecule has 0 saturated heterocycles. The third-order valence-electron chi connectivity index (χ3n) is 2.05. The zero-order valence-electron chi connectivity index (χ0n) is 7.13. The quantitative estimate of drug-likeness (QED) is 0.591. The molecule has 0 fully saturated rings. The minimum Gasteiger partial charge on any atom is -0.290 e. The van der Waals surface area contributed by atoms with Crippen molar-refractivity contribution in [3.63, 3.8) is 0 Å². The molecule has 0 saturated carbocycles. The Morgan fingerprint density at radius 3 is 2.36 bits per heavy atom. The molecule has 0 spiro atoms. The van der Waals surface area contributed by atoms with Gasteiger partial charge in [0.25, 0.3) is 0 Å². The number of allylic oxidation sites excluding steroid dienone is 4. The number of hydrogen-bond donors (Lipinski definition) is 0. The van der Waals surface area contributed by atoms with Gasteiger partial charge in [0, 0.05) is 5.41 Å². The summed E-state index contributed by atoms with van der Waals surface area (Å²) in [5, 5.41) is 0. The molecule has 1 nitrogen and oxygen atoms in total.